The number of carbonyl (C=O) groups is 2. The lowest BCUT2D eigenvalue weighted by Gasteiger charge is -2.22. The lowest BCUT2D eigenvalue weighted by Crippen LogP contribution is -2.33. The van der Waals surface area contributed by atoms with Crippen molar-refractivity contribution in [2.45, 2.75) is 19.9 Å². The van der Waals surface area contributed by atoms with E-state index in [0.29, 0.717) is 5.69 Å². The minimum absolute atomic E-state index is 0.0303. The second-order valence-corrected chi connectivity index (χ2v) is 5.08. The van der Waals surface area contributed by atoms with Gasteiger partial charge in [0, 0.05) is 12.7 Å². The topological polar surface area (TPSA) is 59.5 Å². The molecule has 24 heavy (non-hydrogen) atoms. The zero-order valence-corrected chi connectivity index (χ0v) is 13.4. The summed E-state index contributed by atoms with van der Waals surface area (Å²) in [7, 11) is 0. The van der Waals surface area contributed by atoms with Crippen molar-refractivity contribution in [1.29, 1.82) is 0 Å². The van der Waals surface area contributed by atoms with Crippen molar-refractivity contribution in [2.24, 2.45) is 0 Å². The van der Waals surface area contributed by atoms with E-state index in [4.69, 9.17) is 4.74 Å². The maximum atomic E-state index is 13.9. The molecule has 0 aliphatic rings. The molecule has 0 bridgehead atoms. The molecule has 126 valence electrons. The Bertz CT molecular complexity index is 692. The third kappa shape index (κ3) is 4.87. The molecular weight excluding hydrogens is 311 g/mol. The van der Waals surface area contributed by atoms with Gasteiger partial charge in [-0.2, -0.15) is 0 Å². The third-order valence-corrected chi connectivity index (χ3v) is 3.36. The Morgan fingerprint density at radius 2 is 1.92 bits per heavy atom. The molecule has 2 aromatic rings. The molecule has 0 aliphatic heterocycles. The van der Waals surface area contributed by atoms with E-state index in [-0.39, 0.29) is 31.7 Å². The first-order valence-corrected chi connectivity index (χ1v) is 7.71. The smallest absolute Gasteiger partial charge is 0.307 e. The standard InChI is InChI=1S/C18H19FN2O3/c1-2-24-17(22)10-12-21(13-14-7-5-6-11-20-14)18(23)15-8-3-4-9-16(15)19/h3-9,11H,2,10,12-13H2,1H3. The fraction of sp³-hybridized carbons (Fsp3) is 0.278. The Labute approximate surface area is 140 Å². The van der Waals surface area contributed by atoms with Crippen LogP contribution in [0.15, 0.2) is 48.7 Å². The number of benzene rings is 1. The molecule has 0 unspecified atom stereocenters. The van der Waals surface area contributed by atoms with E-state index in [1.807, 2.05) is 0 Å². The number of aromatic nitrogens is 1. The first-order valence-electron chi connectivity index (χ1n) is 7.71. The largest absolute Gasteiger partial charge is 0.466 e. The molecule has 1 heterocycles. The van der Waals surface area contributed by atoms with Gasteiger partial charge < -0.3 is 9.64 Å². The Balaban J connectivity index is 2.16. The first kappa shape index (κ1) is 17.6. The SMILES string of the molecule is CCOC(=O)CCN(Cc1ccccn1)C(=O)c1ccccc1F. The number of pyridine rings is 1. The highest BCUT2D eigenvalue weighted by Gasteiger charge is 2.20. The van der Waals surface area contributed by atoms with Crippen molar-refractivity contribution in [1.82, 2.24) is 9.88 Å². The first-order chi connectivity index (χ1) is 11.6. The van der Waals surface area contributed by atoms with E-state index in [1.165, 1.54) is 23.1 Å². The number of hydrogen-bond acceptors (Lipinski definition) is 4. The summed E-state index contributed by atoms with van der Waals surface area (Å²) in [5.74, 6) is -1.47. The predicted octanol–water partition coefficient (Wildman–Crippen LogP) is 2.82. The van der Waals surface area contributed by atoms with Crippen LogP contribution in [0, 0.1) is 5.82 Å². The molecule has 0 spiro atoms. The number of esters is 1. The average molecular weight is 330 g/mol. The zero-order valence-electron chi connectivity index (χ0n) is 13.4. The number of halogens is 1. The average Bonchev–Trinajstić information content (AvgIpc) is 2.59. The molecule has 0 aliphatic carbocycles. The molecule has 0 fully saturated rings. The number of hydrogen-bond donors (Lipinski definition) is 0. The van der Waals surface area contributed by atoms with Crippen molar-refractivity contribution in [3.8, 4) is 0 Å². The maximum Gasteiger partial charge on any atom is 0.307 e. The van der Waals surface area contributed by atoms with Crippen LogP contribution in [-0.2, 0) is 16.1 Å². The molecule has 1 aromatic carbocycles. The Morgan fingerprint density at radius 1 is 1.17 bits per heavy atom. The quantitative estimate of drug-likeness (QED) is 0.733. The zero-order chi connectivity index (χ0) is 17.4. The summed E-state index contributed by atoms with van der Waals surface area (Å²) in [6.45, 7) is 2.31. The summed E-state index contributed by atoms with van der Waals surface area (Å²) < 4.78 is 18.8. The van der Waals surface area contributed by atoms with E-state index in [9.17, 15) is 14.0 Å². The van der Waals surface area contributed by atoms with Gasteiger partial charge in [-0.15, -0.1) is 0 Å². The number of nitrogens with zero attached hydrogens (tertiary/aromatic N) is 2. The maximum absolute atomic E-state index is 13.9. The van der Waals surface area contributed by atoms with Gasteiger partial charge >= 0.3 is 5.97 Å². The van der Waals surface area contributed by atoms with Crippen molar-refractivity contribution in [3.63, 3.8) is 0 Å². The van der Waals surface area contributed by atoms with Crippen molar-refractivity contribution >= 4 is 11.9 Å². The normalized spacial score (nSPS) is 10.2. The second-order valence-electron chi connectivity index (χ2n) is 5.08. The summed E-state index contributed by atoms with van der Waals surface area (Å²) >= 11 is 0. The van der Waals surface area contributed by atoms with Crippen molar-refractivity contribution in [3.05, 3.63) is 65.7 Å². The highest BCUT2D eigenvalue weighted by molar-refractivity contribution is 5.94. The van der Waals surface area contributed by atoms with E-state index < -0.39 is 17.7 Å². The van der Waals surface area contributed by atoms with Gasteiger partial charge in [0.15, 0.2) is 0 Å². The Morgan fingerprint density at radius 3 is 2.58 bits per heavy atom. The van der Waals surface area contributed by atoms with Gasteiger partial charge in [-0.3, -0.25) is 14.6 Å². The lowest BCUT2D eigenvalue weighted by atomic mass is 10.1. The van der Waals surface area contributed by atoms with Crippen LogP contribution >= 0.6 is 0 Å². The van der Waals surface area contributed by atoms with Crippen LogP contribution in [-0.4, -0.2) is 34.9 Å². The van der Waals surface area contributed by atoms with E-state index in [2.05, 4.69) is 4.98 Å². The monoisotopic (exact) mass is 330 g/mol. The fourth-order valence-electron chi connectivity index (χ4n) is 2.20. The molecule has 1 amide bonds. The van der Waals surface area contributed by atoms with Crippen LogP contribution in [0.4, 0.5) is 4.39 Å². The molecule has 0 radical (unpaired) electrons. The van der Waals surface area contributed by atoms with E-state index in [1.54, 1.807) is 37.4 Å². The number of amides is 1. The summed E-state index contributed by atoms with van der Waals surface area (Å²) in [5.41, 5.74) is 0.628. The van der Waals surface area contributed by atoms with Crippen LogP contribution in [0.2, 0.25) is 0 Å². The number of ether oxygens (including phenoxy) is 1. The minimum atomic E-state index is -0.593. The summed E-state index contributed by atoms with van der Waals surface area (Å²) in [6, 6.07) is 11.1. The minimum Gasteiger partial charge on any atom is -0.466 e. The summed E-state index contributed by atoms with van der Waals surface area (Å²) in [4.78, 5) is 29.8. The van der Waals surface area contributed by atoms with E-state index >= 15 is 0 Å². The molecule has 1 aromatic heterocycles. The second kappa shape index (κ2) is 8.76. The van der Waals surface area contributed by atoms with Crippen LogP contribution in [0.25, 0.3) is 0 Å². The van der Waals surface area contributed by atoms with Gasteiger partial charge in [-0.25, -0.2) is 4.39 Å². The Hall–Kier alpha value is -2.76. The fourth-order valence-corrected chi connectivity index (χ4v) is 2.20. The molecule has 2 rings (SSSR count). The van der Waals surface area contributed by atoms with Crippen molar-refractivity contribution < 1.29 is 18.7 Å². The molecule has 5 nitrogen and oxygen atoms in total. The van der Waals surface area contributed by atoms with Crippen LogP contribution < -0.4 is 0 Å². The third-order valence-electron chi connectivity index (χ3n) is 3.36. The van der Waals surface area contributed by atoms with Gasteiger partial charge in [0.25, 0.3) is 5.91 Å². The predicted molar refractivity (Wildman–Crippen MR) is 86.6 cm³/mol. The van der Waals surface area contributed by atoms with Gasteiger partial charge in [0.05, 0.1) is 30.8 Å². The molecule has 0 saturated heterocycles. The lowest BCUT2D eigenvalue weighted by molar-refractivity contribution is -0.143. The summed E-state index contributed by atoms with van der Waals surface area (Å²) in [5, 5.41) is 0. The summed E-state index contributed by atoms with van der Waals surface area (Å²) in [6.07, 6.45) is 1.66. The number of rotatable bonds is 7. The Kier molecular flexibility index (Phi) is 6.42. The molecular formula is C18H19FN2O3. The van der Waals surface area contributed by atoms with Gasteiger partial charge in [0.1, 0.15) is 5.82 Å². The van der Waals surface area contributed by atoms with Gasteiger partial charge in [-0.1, -0.05) is 18.2 Å². The molecule has 0 atom stereocenters. The highest BCUT2D eigenvalue weighted by Crippen LogP contribution is 2.13. The molecule has 0 saturated carbocycles. The van der Waals surface area contributed by atoms with Crippen LogP contribution in [0.3, 0.4) is 0 Å². The van der Waals surface area contributed by atoms with Gasteiger partial charge in [0.2, 0.25) is 0 Å². The van der Waals surface area contributed by atoms with Crippen LogP contribution in [0.5, 0.6) is 0 Å². The van der Waals surface area contributed by atoms with Crippen LogP contribution in [0.1, 0.15) is 29.4 Å². The molecule has 6 heteroatoms. The van der Waals surface area contributed by atoms with E-state index in [0.717, 1.165) is 0 Å². The number of carbonyl (C=O) groups excluding carboxylic acids is 2. The van der Waals surface area contributed by atoms with Crippen molar-refractivity contribution in [2.75, 3.05) is 13.2 Å². The van der Waals surface area contributed by atoms with Gasteiger partial charge in [-0.05, 0) is 31.2 Å². The highest BCUT2D eigenvalue weighted by atomic mass is 19.1. The molecule has 0 N–H and O–H groups in total.